The van der Waals surface area contributed by atoms with Gasteiger partial charge in [0.25, 0.3) is 11.8 Å². The van der Waals surface area contributed by atoms with Crippen molar-refractivity contribution >= 4 is 51.9 Å². The Hall–Kier alpha value is -2.79. The van der Waals surface area contributed by atoms with Gasteiger partial charge in [-0.05, 0) is 25.5 Å². The molecule has 1 aromatic carbocycles. The summed E-state index contributed by atoms with van der Waals surface area (Å²) in [5, 5.41) is 10.7. The predicted octanol–water partition coefficient (Wildman–Crippen LogP) is 2.21. The average Bonchev–Trinajstić information content (AvgIpc) is 3.25. The van der Waals surface area contributed by atoms with Crippen LogP contribution in [0.25, 0.3) is 0 Å². The molecule has 0 saturated heterocycles. The third-order valence-electron chi connectivity index (χ3n) is 3.94. The largest absolute Gasteiger partial charge is 0.465 e. The van der Waals surface area contributed by atoms with E-state index in [9.17, 15) is 19.2 Å². The minimum Gasteiger partial charge on any atom is -0.465 e. The van der Waals surface area contributed by atoms with Crippen molar-refractivity contribution < 1.29 is 23.9 Å². The van der Waals surface area contributed by atoms with Crippen LogP contribution in [-0.4, -0.2) is 57.7 Å². The molecule has 0 fully saturated rings. The lowest BCUT2D eigenvalue weighted by molar-refractivity contribution is -0.139. The Morgan fingerprint density at radius 3 is 2.52 bits per heavy atom. The van der Waals surface area contributed by atoms with E-state index in [1.54, 1.807) is 31.2 Å². The monoisotopic (exact) mass is 434 g/mol. The molecule has 11 heteroatoms. The molecule has 0 radical (unpaired) electrons. The molecule has 0 aliphatic carbocycles. The van der Waals surface area contributed by atoms with E-state index in [1.165, 1.54) is 11.8 Å². The first kappa shape index (κ1) is 20.9. The standard InChI is InChI=1S/C18H18N4O5S2/c1-2-27-14(24)10-28-18-21-20-17(29-18)19-13(23)8-5-9-22-15(25)11-6-3-4-7-12(11)16(22)26/h3-4,6-7H,2,5,8-10H2,1H3,(H,19,20,23). The van der Waals surface area contributed by atoms with Crippen molar-refractivity contribution in [3.05, 3.63) is 35.4 Å². The van der Waals surface area contributed by atoms with E-state index in [1.807, 2.05) is 0 Å². The lowest BCUT2D eigenvalue weighted by Crippen LogP contribution is -2.31. The Labute approximate surface area is 174 Å². The molecule has 152 valence electrons. The molecule has 3 rings (SSSR count). The normalized spacial score (nSPS) is 12.8. The van der Waals surface area contributed by atoms with E-state index in [-0.39, 0.29) is 42.4 Å². The van der Waals surface area contributed by atoms with Gasteiger partial charge in [0, 0.05) is 13.0 Å². The van der Waals surface area contributed by atoms with Gasteiger partial charge in [0.15, 0.2) is 4.34 Å². The van der Waals surface area contributed by atoms with Crippen LogP contribution in [-0.2, 0) is 14.3 Å². The number of imide groups is 1. The zero-order valence-electron chi connectivity index (χ0n) is 15.5. The first-order valence-corrected chi connectivity index (χ1v) is 10.7. The van der Waals surface area contributed by atoms with Crippen LogP contribution in [0.1, 0.15) is 40.5 Å². The number of rotatable bonds is 9. The third-order valence-corrected chi connectivity index (χ3v) is 5.88. The molecule has 9 nitrogen and oxygen atoms in total. The van der Waals surface area contributed by atoms with Gasteiger partial charge in [0.2, 0.25) is 11.0 Å². The maximum Gasteiger partial charge on any atom is 0.316 e. The number of anilines is 1. The zero-order chi connectivity index (χ0) is 20.8. The van der Waals surface area contributed by atoms with Crippen LogP contribution in [0.3, 0.4) is 0 Å². The first-order chi connectivity index (χ1) is 14.0. The van der Waals surface area contributed by atoms with Crippen LogP contribution in [0, 0.1) is 0 Å². The molecule has 2 aromatic rings. The molecule has 29 heavy (non-hydrogen) atoms. The quantitative estimate of drug-likeness (QED) is 0.276. The molecular formula is C18H18N4O5S2. The molecule has 1 aliphatic rings. The summed E-state index contributed by atoms with van der Waals surface area (Å²) < 4.78 is 5.37. The SMILES string of the molecule is CCOC(=O)CSc1nnc(NC(=O)CCCN2C(=O)c3ccccc3C2=O)s1. The highest BCUT2D eigenvalue weighted by atomic mass is 32.2. The molecule has 0 bridgehead atoms. The molecule has 1 aliphatic heterocycles. The number of hydrogen-bond donors (Lipinski definition) is 1. The van der Waals surface area contributed by atoms with E-state index < -0.39 is 0 Å². The highest BCUT2D eigenvalue weighted by Gasteiger charge is 2.34. The molecular weight excluding hydrogens is 416 g/mol. The molecule has 1 aromatic heterocycles. The lowest BCUT2D eigenvalue weighted by atomic mass is 10.1. The Morgan fingerprint density at radius 1 is 1.17 bits per heavy atom. The van der Waals surface area contributed by atoms with E-state index in [0.717, 1.165) is 16.2 Å². The van der Waals surface area contributed by atoms with Gasteiger partial charge in [-0.15, -0.1) is 10.2 Å². The summed E-state index contributed by atoms with van der Waals surface area (Å²) in [6.45, 7) is 2.21. The molecule has 2 heterocycles. The van der Waals surface area contributed by atoms with Crippen LogP contribution in [0.4, 0.5) is 5.13 Å². The number of nitrogens with zero attached hydrogens (tertiary/aromatic N) is 3. The van der Waals surface area contributed by atoms with Crippen LogP contribution in [0.5, 0.6) is 0 Å². The van der Waals surface area contributed by atoms with Crippen molar-refractivity contribution in [2.75, 3.05) is 24.2 Å². The fourth-order valence-electron chi connectivity index (χ4n) is 2.66. The van der Waals surface area contributed by atoms with Gasteiger partial charge in [0.05, 0.1) is 23.5 Å². The number of carbonyl (C=O) groups is 4. The van der Waals surface area contributed by atoms with Gasteiger partial charge in [-0.3, -0.25) is 24.1 Å². The van der Waals surface area contributed by atoms with Crippen molar-refractivity contribution in [2.24, 2.45) is 0 Å². The van der Waals surface area contributed by atoms with Crippen molar-refractivity contribution in [3.8, 4) is 0 Å². The van der Waals surface area contributed by atoms with Gasteiger partial charge >= 0.3 is 5.97 Å². The second-order valence-corrected chi connectivity index (χ2v) is 8.13. The summed E-state index contributed by atoms with van der Waals surface area (Å²) in [4.78, 5) is 49.1. The van der Waals surface area contributed by atoms with Crippen molar-refractivity contribution in [2.45, 2.75) is 24.1 Å². The maximum atomic E-state index is 12.3. The number of fused-ring (bicyclic) bond motifs is 1. The number of amides is 3. The van der Waals surface area contributed by atoms with Gasteiger partial charge in [-0.1, -0.05) is 35.2 Å². The number of benzene rings is 1. The van der Waals surface area contributed by atoms with E-state index in [4.69, 9.17) is 4.74 Å². The second kappa shape index (κ2) is 9.61. The summed E-state index contributed by atoms with van der Waals surface area (Å²) in [6, 6.07) is 6.66. The van der Waals surface area contributed by atoms with E-state index >= 15 is 0 Å². The molecule has 0 spiro atoms. The summed E-state index contributed by atoms with van der Waals surface area (Å²) in [6.07, 6.45) is 0.457. The van der Waals surface area contributed by atoms with E-state index in [2.05, 4.69) is 15.5 Å². The minimum atomic E-state index is -0.341. The second-order valence-electron chi connectivity index (χ2n) is 5.93. The Bertz CT molecular complexity index is 911. The van der Waals surface area contributed by atoms with Crippen LogP contribution in [0.15, 0.2) is 28.6 Å². The fourth-order valence-corrected chi connectivity index (χ4v) is 4.23. The highest BCUT2D eigenvalue weighted by Crippen LogP contribution is 2.26. The lowest BCUT2D eigenvalue weighted by Gasteiger charge is -2.13. The average molecular weight is 434 g/mol. The third kappa shape index (κ3) is 5.18. The minimum absolute atomic E-state index is 0.122. The fraction of sp³-hybridized carbons (Fsp3) is 0.333. The molecule has 0 saturated carbocycles. The number of thioether (sulfide) groups is 1. The summed E-state index contributed by atoms with van der Waals surface area (Å²) in [7, 11) is 0. The van der Waals surface area contributed by atoms with Crippen molar-refractivity contribution in [1.29, 1.82) is 0 Å². The number of esters is 1. The zero-order valence-corrected chi connectivity index (χ0v) is 17.2. The Morgan fingerprint density at radius 2 is 1.86 bits per heavy atom. The first-order valence-electron chi connectivity index (χ1n) is 8.86. The van der Waals surface area contributed by atoms with Crippen molar-refractivity contribution in [1.82, 2.24) is 15.1 Å². The molecule has 0 atom stereocenters. The van der Waals surface area contributed by atoms with Crippen LogP contribution < -0.4 is 5.32 Å². The topological polar surface area (TPSA) is 119 Å². The number of hydrogen-bond acceptors (Lipinski definition) is 9. The van der Waals surface area contributed by atoms with Crippen molar-refractivity contribution in [3.63, 3.8) is 0 Å². The Balaban J connectivity index is 1.43. The van der Waals surface area contributed by atoms with Gasteiger partial charge in [-0.25, -0.2) is 0 Å². The molecule has 3 amide bonds. The smallest absolute Gasteiger partial charge is 0.316 e. The van der Waals surface area contributed by atoms with Crippen LogP contribution in [0.2, 0.25) is 0 Å². The van der Waals surface area contributed by atoms with Gasteiger partial charge in [-0.2, -0.15) is 0 Å². The van der Waals surface area contributed by atoms with Gasteiger partial charge < -0.3 is 10.1 Å². The number of ether oxygens (including phenoxy) is 1. The molecule has 0 unspecified atom stereocenters. The molecule has 1 N–H and O–H groups in total. The number of carbonyl (C=O) groups excluding carboxylic acids is 4. The highest BCUT2D eigenvalue weighted by molar-refractivity contribution is 8.01. The predicted molar refractivity (Wildman–Crippen MR) is 107 cm³/mol. The Kier molecular flexibility index (Phi) is 6.94. The van der Waals surface area contributed by atoms with Gasteiger partial charge in [0.1, 0.15) is 0 Å². The number of aromatic nitrogens is 2. The van der Waals surface area contributed by atoms with Crippen LogP contribution >= 0.6 is 23.1 Å². The summed E-state index contributed by atoms with van der Waals surface area (Å²) in [5.41, 5.74) is 0.785. The summed E-state index contributed by atoms with van der Waals surface area (Å²) >= 11 is 2.34. The summed E-state index contributed by atoms with van der Waals surface area (Å²) in [5.74, 6) is -1.18. The van der Waals surface area contributed by atoms with E-state index in [0.29, 0.717) is 33.6 Å². The number of nitrogens with one attached hydrogen (secondary N) is 1. The maximum absolute atomic E-state index is 12.3.